The molecule has 33 heavy (non-hydrogen) atoms. The van der Waals surface area contributed by atoms with Crippen LogP contribution in [0.5, 0.6) is 0 Å². The molecule has 1 aliphatic heterocycles. The average molecular weight is 477 g/mol. The second-order valence-corrected chi connectivity index (χ2v) is 8.31. The summed E-state index contributed by atoms with van der Waals surface area (Å²) in [7, 11) is 0. The van der Waals surface area contributed by atoms with E-state index in [0.717, 1.165) is 23.5 Å². The molecule has 0 unspecified atom stereocenters. The predicted molar refractivity (Wildman–Crippen MR) is 114 cm³/mol. The minimum absolute atomic E-state index is 0.115. The van der Waals surface area contributed by atoms with Gasteiger partial charge in [0.2, 0.25) is 0 Å². The monoisotopic (exact) mass is 477 g/mol. The fourth-order valence-corrected chi connectivity index (χ4v) is 4.33. The lowest BCUT2D eigenvalue weighted by molar-refractivity contribution is -0.138. The maximum absolute atomic E-state index is 13.2. The van der Waals surface area contributed by atoms with Crippen LogP contribution in [0.25, 0.3) is 0 Å². The van der Waals surface area contributed by atoms with Crippen LogP contribution in [0, 0.1) is 0 Å². The van der Waals surface area contributed by atoms with E-state index in [1.807, 2.05) is 0 Å². The van der Waals surface area contributed by atoms with Gasteiger partial charge in [-0.1, -0.05) is 12.1 Å². The molecule has 1 saturated heterocycles. The Morgan fingerprint density at radius 1 is 0.879 bits per heavy atom. The molecular formula is C22H18F3N3O4S. The van der Waals surface area contributed by atoms with Gasteiger partial charge in [0.05, 0.1) is 27.3 Å². The smallest absolute Gasteiger partial charge is 0.417 e. The SMILES string of the molecule is O=C(Nc1ccc(C(=O)N2CCN(C(=O)c3ccccc3C(F)(F)F)CC2)s1)c1ccco1. The van der Waals surface area contributed by atoms with Gasteiger partial charge >= 0.3 is 6.18 Å². The van der Waals surface area contributed by atoms with Gasteiger partial charge in [-0.05, 0) is 36.4 Å². The Morgan fingerprint density at radius 2 is 1.55 bits per heavy atom. The number of nitrogens with one attached hydrogen (secondary N) is 1. The third-order valence-electron chi connectivity index (χ3n) is 5.12. The molecule has 0 aliphatic carbocycles. The van der Waals surface area contributed by atoms with Crippen LogP contribution in [0.2, 0.25) is 0 Å². The van der Waals surface area contributed by atoms with E-state index < -0.39 is 29.1 Å². The van der Waals surface area contributed by atoms with Gasteiger partial charge in [-0.3, -0.25) is 14.4 Å². The number of nitrogens with zero attached hydrogens (tertiary/aromatic N) is 2. The molecule has 0 atom stereocenters. The van der Waals surface area contributed by atoms with Crippen molar-refractivity contribution < 1.29 is 32.0 Å². The molecule has 1 aliphatic rings. The first kappa shape index (κ1) is 22.6. The van der Waals surface area contributed by atoms with Crippen molar-refractivity contribution in [1.82, 2.24) is 9.80 Å². The van der Waals surface area contributed by atoms with Crippen LogP contribution < -0.4 is 5.32 Å². The standard InChI is InChI=1S/C22H18F3N3O4S/c23-22(24,25)15-5-2-1-4-14(15)20(30)27-9-11-28(12-10-27)21(31)17-7-8-18(33-17)26-19(29)16-6-3-13-32-16/h1-8,13H,9-12H2,(H,26,29). The van der Waals surface area contributed by atoms with Crippen molar-refractivity contribution >= 4 is 34.1 Å². The number of hydrogen-bond acceptors (Lipinski definition) is 5. The Bertz CT molecular complexity index is 1170. The maximum Gasteiger partial charge on any atom is 0.417 e. The molecule has 0 radical (unpaired) electrons. The zero-order valence-electron chi connectivity index (χ0n) is 17.1. The Kier molecular flexibility index (Phi) is 6.23. The molecule has 1 fully saturated rings. The predicted octanol–water partition coefficient (Wildman–Crippen LogP) is 4.21. The van der Waals surface area contributed by atoms with Crippen LogP contribution >= 0.6 is 11.3 Å². The quantitative estimate of drug-likeness (QED) is 0.610. The normalized spacial score (nSPS) is 14.3. The first-order valence-electron chi connectivity index (χ1n) is 9.93. The second-order valence-electron chi connectivity index (χ2n) is 7.22. The summed E-state index contributed by atoms with van der Waals surface area (Å²) in [5.74, 6) is -1.29. The van der Waals surface area contributed by atoms with E-state index in [0.29, 0.717) is 9.88 Å². The number of amides is 3. The van der Waals surface area contributed by atoms with Crippen LogP contribution in [-0.2, 0) is 6.18 Å². The van der Waals surface area contributed by atoms with Crippen LogP contribution in [-0.4, -0.2) is 53.7 Å². The van der Waals surface area contributed by atoms with Gasteiger partial charge in [0.1, 0.15) is 0 Å². The zero-order chi connectivity index (χ0) is 23.6. The largest absolute Gasteiger partial charge is 0.459 e. The molecule has 1 aromatic carbocycles. The number of alkyl halides is 3. The van der Waals surface area contributed by atoms with Gasteiger partial charge in [-0.15, -0.1) is 11.3 Å². The Labute approximate surface area is 190 Å². The van der Waals surface area contributed by atoms with Crippen molar-refractivity contribution in [2.45, 2.75) is 6.18 Å². The van der Waals surface area contributed by atoms with Crippen molar-refractivity contribution in [2.75, 3.05) is 31.5 Å². The van der Waals surface area contributed by atoms with Crippen LogP contribution in [0.15, 0.2) is 59.2 Å². The number of thiophene rings is 1. The molecule has 7 nitrogen and oxygen atoms in total. The number of hydrogen-bond donors (Lipinski definition) is 1. The van der Waals surface area contributed by atoms with Crippen LogP contribution in [0.3, 0.4) is 0 Å². The molecule has 172 valence electrons. The molecule has 3 aromatic rings. The number of benzene rings is 1. The zero-order valence-corrected chi connectivity index (χ0v) is 17.9. The number of halogens is 3. The fourth-order valence-electron chi connectivity index (χ4n) is 3.46. The Balaban J connectivity index is 1.37. The van der Waals surface area contributed by atoms with Crippen molar-refractivity contribution in [2.24, 2.45) is 0 Å². The van der Waals surface area contributed by atoms with E-state index >= 15 is 0 Å². The summed E-state index contributed by atoms with van der Waals surface area (Å²) >= 11 is 1.10. The first-order valence-corrected chi connectivity index (χ1v) is 10.7. The molecule has 0 bridgehead atoms. The third-order valence-corrected chi connectivity index (χ3v) is 6.10. The number of piperazine rings is 1. The minimum atomic E-state index is -4.63. The Morgan fingerprint density at radius 3 is 2.18 bits per heavy atom. The summed E-state index contributed by atoms with van der Waals surface area (Å²) in [6, 6.07) is 11.0. The van der Waals surface area contributed by atoms with Crippen LogP contribution in [0.1, 0.15) is 36.1 Å². The number of furan rings is 1. The lowest BCUT2D eigenvalue weighted by atomic mass is 10.1. The van der Waals surface area contributed by atoms with Crippen molar-refractivity contribution in [1.29, 1.82) is 0 Å². The maximum atomic E-state index is 13.2. The number of rotatable bonds is 4. The number of carbonyl (C=O) groups excluding carboxylic acids is 3. The topological polar surface area (TPSA) is 82.9 Å². The average Bonchev–Trinajstić information content (AvgIpc) is 3.50. The third kappa shape index (κ3) is 4.92. The molecule has 3 heterocycles. The second kappa shape index (κ2) is 9.10. The van der Waals surface area contributed by atoms with Crippen molar-refractivity contribution in [3.8, 4) is 0 Å². The van der Waals surface area contributed by atoms with E-state index in [1.54, 1.807) is 18.2 Å². The highest BCUT2D eigenvalue weighted by Gasteiger charge is 2.36. The molecular weight excluding hydrogens is 459 g/mol. The van der Waals surface area contributed by atoms with Gasteiger partial charge in [-0.25, -0.2) is 0 Å². The van der Waals surface area contributed by atoms with Gasteiger partial charge in [0.15, 0.2) is 5.76 Å². The molecule has 2 aromatic heterocycles. The summed E-state index contributed by atoms with van der Waals surface area (Å²) in [6.45, 7) is 0.601. The lowest BCUT2D eigenvalue weighted by Crippen LogP contribution is -2.50. The summed E-state index contributed by atoms with van der Waals surface area (Å²) < 4.78 is 44.7. The molecule has 1 N–H and O–H groups in total. The summed E-state index contributed by atoms with van der Waals surface area (Å²) in [5, 5.41) is 3.12. The highest BCUT2D eigenvalue weighted by molar-refractivity contribution is 7.18. The van der Waals surface area contributed by atoms with Crippen LogP contribution in [0.4, 0.5) is 18.2 Å². The van der Waals surface area contributed by atoms with E-state index in [9.17, 15) is 27.6 Å². The molecule has 0 spiro atoms. The van der Waals surface area contributed by atoms with E-state index in [2.05, 4.69) is 5.32 Å². The van der Waals surface area contributed by atoms with Crippen molar-refractivity contribution in [3.63, 3.8) is 0 Å². The van der Waals surface area contributed by atoms with E-state index in [4.69, 9.17) is 4.42 Å². The molecule has 11 heteroatoms. The first-order chi connectivity index (χ1) is 15.7. The minimum Gasteiger partial charge on any atom is -0.459 e. The van der Waals surface area contributed by atoms with Gasteiger partial charge < -0.3 is 19.5 Å². The lowest BCUT2D eigenvalue weighted by Gasteiger charge is -2.35. The molecule has 3 amide bonds. The fraction of sp³-hybridized carbons (Fsp3) is 0.227. The highest BCUT2D eigenvalue weighted by Crippen LogP contribution is 2.32. The molecule has 4 rings (SSSR count). The highest BCUT2D eigenvalue weighted by atomic mass is 32.1. The van der Waals surface area contributed by atoms with Gasteiger partial charge in [0, 0.05) is 26.2 Å². The number of carbonyl (C=O) groups is 3. The molecule has 0 saturated carbocycles. The van der Waals surface area contributed by atoms with E-state index in [1.165, 1.54) is 34.3 Å². The Hall–Kier alpha value is -3.60. The van der Waals surface area contributed by atoms with Gasteiger partial charge in [-0.2, -0.15) is 13.2 Å². The summed E-state index contributed by atoms with van der Waals surface area (Å²) in [4.78, 5) is 40.8. The van der Waals surface area contributed by atoms with Gasteiger partial charge in [0.25, 0.3) is 17.7 Å². The summed E-state index contributed by atoms with van der Waals surface area (Å²) in [6.07, 6.45) is -3.25. The number of anilines is 1. The van der Waals surface area contributed by atoms with E-state index in [-0.39, 0.29) is 37.8 Å². The van der Waals surface area contributed by atoms with Crippen molar-refractivity contribution in [3.05, 3.63) is 76.6 Å². The summed E-state index contributed by atoms with van der Waals surface area (Å²) in [5.41, 5.74) is -1.38.